The number of benzene rings is 3. The van der Waals surface area contributed by atoms with Gasteiger partial charge in [0, 0.05) is 22.8 Å². The lowest BCUT2D eigenvalue weighted by Crippen LogP contribution is -2.18. The van der Waals surface area contributed by atoms with E-state index in [0.717, 1.165) is 22.3 Å². The summed E-state index contributed by atoms with van der Waals surface area (Å²) in [6, 6.07) is 20.7. The first-order valence-corrected chi connectivity index (χ1v) is 12.1. The summed E-state index contributed by atoms with van der Waals surface area (Å²) < 4.78 is 28.5. The van der Waals surface area contributed by atoms with Crippen LogP contribution in [-0.4, -0.2) is 18.9 Å². The van der Waals surface area contributed by atoms with Crippen LogP contribution in [0.2, 0.25) is 0 Å². The zero-order chi connectivity index (χ0) is 22.9. The number of nitrogens with one attached hydrogen (secondary N) is 1. The van der Waals surface area contributed by atoms with Crippen molar-refractivity contribution in [2.45, 2.75) is 38.0 Å². The van der Waals surface area contributed by atoms with Gasteiger partial charge in [0.15, 0.2) is 9.84 Å². The molecule has 1 N–H and O–H groups in total. The van der Waals surface area contributed by atoms with Gasteiger partial charge in [-0.05, 0) is 55.7 Å². The summed E-state index contributed by atoms with van der Waals surface area (Å²) in [6.07, 6.45) is 1.58. The quantitative estimate of drug-likeness (QED) is 0.444. The predicted octanol–water partition coefficient (Wildman–Crippen LogP) is 5.18. The molecule has 0 spiro atoms. The molecular formula is C26H26N2O3S. The van der Waals surface area contributed by atoms with Crippen LogP contribution in [0.15, 0.2) is 77.8 Å². The van der Waals surface area contributed by atoms with Gasteiger partial charge in [0.2, 0.25) is 5.91 Å². The first-order chi connectivity index (χ1) is 15.2. The molecule has 0 radical (unpaired) electrons. The topological polar surface area (TPSA) is 68.2 Å². The summed E-state index contributed by atoms with van der Waals surface area (Å²) in [6.45, 7) is 5.85. The summed E-state index contributed by atoms with van der Waals surface area (Å²) >= 11 is 0. The molecule has 0 fully saturated rings. The van der Waals surface area contributed by atoms with Crippen LogP contribution in [0, 0.1) is 20.8 Å². The molecule has 0 aliphatic heterocycles. The van der Waals surface area contributed by atoms with E-state index in [9.17, 15) is 13.2 Å². The molecule has 0 atom stereocenters. The number of hydrogen-bond acceptors (Lipinski definition) is 3. The van der Waals surface area contributed by atoms with Gasteiger partial charge >= 0.3 is 0 Å². The fourth-order valence-corrected chi connectivity index (χ4v) is 5.58. The van der Waals surface area contributed by atoms with Crippen LogP contribution >= 0.6 is 0 Å². The highest BCUT2D eigenvalue weighted by Gasteiger charge is 2.23. The lowest BCUT2D eigenvalue weighted by atomic mass is 10.1. The van der Waals surface area contributed by atoms with Crippen molar-refractivity contribution in [3.05, 3.63) is 95.2 Å². The van der Waals surface area contributed by atoms with Gasteiger partial charge in [-0.1, -0.05) is 54.1 Å². The van der Waals surface area contributed by atoms with Gasteiger partial charge in [-0.3, -0.25) is 4.79 Å². The van der Waals surface area contributed by atoms with Crippen LogP contribution in [0.25, 0.3) is 10.9 Å². The number of nitrogens with zero attached hydrogens (tertiary/aromatic N) is 1. The Morgan fingerprint density at radius 2 is 1.66 bits per heavy atom. The number of rotatable bonds is 6. The van der Waals surface area contributed by atoms with E-state index in [1.165, 1.54) is 0 Å². The molecule has 0 aliphatic rings. The summed E-state index contributed by atoms with van der Waals surface area (Å²) in [7, 11) is -3.61. The van der Waals surface area contributed by atoms with E-state index >= 15 is 0 Å². The third-order valence-corrected chi connectivity index (χ3v) is 7.24. The van der Waals surface area contributed by atoms with Crippen LogP contribution < -0.4 is 5.32 Å². The molecule has 1 heterocycles. The Morgan fingerprint density at radius 1 is 0.906 bits per heavy atom. The molecule has 4 aromatic rings. The minimum atomic E-state index is -3.61. The Kier molecular flexibility index (Phi) is 5.89. The molecular weight excluding hydrogens is 420 g/mol. The van der Waals surface area contributed by atoms with Gasteiger partial charge in [0.25, 0.3) is 0 Å². The number of fused-ring (bicyclic) bond motifs is 1. The average Bonchev–Trinajstić information content (AvgIpc) is 3.10. The minimum absolute atomic E-state index is 0.0213. The number of anilines is 1. The van der Waals surface area contributed by atoms with E-state index in [4.69, 9.17) is 0 Å². The molecule has 5 nitrogen and oxygen atoms in total. The van der Waals surface area contributed by atoms with Crippen molar-refractivity contribution in [1.82, 2.24) is 4.57 Å². The fraction of sp³-hybridized carbons (Fsp3) is 0.192. The van der Waals surface area contributed by atoms with Crippen LogP contribution in [-0.2, 0) is 26.9 Å². The Bertz CT molecular complexity index is 1420. The minimum Gasteiger partial charge on any atom is -0.337 e. The molecule has 32 heavy (non-hydrogen) atoms. The zero-order valence-electron chi connectivity index (χ0n) is 18.4. The molecule has 164 valence electrons. The second-order valence-corrected chi connectivity index (χ2v) is 10.2. The summed E-state index contributed by atoms with van der Waals surface area (Å²) in [5.74, 6) is -0.292. The van der Waals surface area contributed by atoms with E-state index in [0.29, 0.717) is 16.6 Å². The maximum absolute atomic E-state index is 13.4. The van der Waals surface area contributed by atoms with E-state index in [1.807, 2.05) is 81.4 Å². The number of carbonyl (C=O) groups excluding carboxylic acids is 1. The molecule has 0 saturated heterocycles. The number of sulfone groups is 1. The summed E-state index contributed by atoms with van der Waals surface area (Å²) in [4.78, 5) is 12.9. The molecule has 1 amide bonds. The van der Waals surface area contributed by atoms with Crippen molar-refractivity contribution in [2.75, 3.05) is 5.32 Å². The van der Waals surface area contributed by atoms with Gasteiger partial charge in [-0.25, -0.2) is 8.42 Å². The second kappa shape index (κ2) is 8.63. The molecule has 0 unspecified atom stereocenters. The maximum atomic E-state index is 13.4. The van der Waals surface area contributed by atoms with E-state index in [2.05, 4.69) is 5.32 Å². The Labute approximate surface area is 188 Å². The van der Waals surface area contributed by atoms with E-state index in [1.54, 1.807) is 16.8 Å². The average molecular weight is 447 g/mol. The van der Waals surface area contributed by atoms with Crippen molar-refractivity contribution in [1.29, 1.82) is 0 Å². The standard InChI is InChI=1S/C26H26N2O3S/c1-18-7-6-8-22(14-18)27-26(29)16-28-15-25(23-9-4-5-10-24(23)28)32(30,31)17-21-13-19(2)11-12-20(21)3/h4-15H,16-17H2,1-3H3,(H,27,29). The number of aromatic nitrogens is 1. The van der Waals surface area contributed by atoms with Crippen molar-refractivity contribution in [2.24, 2.45) is 0 Å². The summed E-state index contributed by atoms with van der Waals surface area (Å²) in [5.41, 5.74) is 5.24. The number of amides is 1. The van der Waals surface area contributed by atoms with E-state index in [-0.39, 0.29) is 23.1 Å². The van der Waals surface area contributed by atoms with Gasteiger partial charge in [-0.2, -0.15) is 0 Å². The Hall–Kier alpha value is -3.38. The third-order valence-electron chi connectivity index (χ3n) is 5.55. The molecule has 4 rings (SSSR count). The lowest BCUT2D eigenvalue weighted by Gasteiger charge is -2.08. The number of hydrogen-bond donors (Lipinski definition) is 1. The molecule has 0 bridgehead atoms. The smallest absolute Gasteiger partial charge is 0.244 e. The Balaban J connectivity index is 1.66. The number of para-hydroxylation sites is 1. The number of aryl methyl sites for hydroxylation is 3. The van der Waals surface area contributed by atoms with Gasteiger partial charge in [-0.15, -0.1) is 0 Å². The lowest BCUT2D eigenvalue weighted by molar-refractivity contribution is -0.116. The van der Waals surface area contributed by atoms with Crippen LogP contribution in [0.3, 0.4) is 0 Å². The van der Waals surface area contributed by atoms with Gasteiger partial charge in [0.05, 0.1) is 10.6 Å². The van der Waals surface area contributed by atoms with Crippen molar-refractivity contribution >= 4 is 32.3 Å². The van der Waals surface area contributed by atoms with Crippen molar-refractivity contribution < 1.29 is 13.2 Å². The van der Waals surface area contributed by atoms with Crippen molar-refractivity contribution in [3.8, 4) is 0 Å². The summed E-state index contributed by atoms with van der Waals surface area (Å²) in [5, 5.41) is 3.51. The van der Waals surface area contributed by atoms with Crippen LogP contribution in [0.1, 0.15) is 22.3 Å². The third kappa shape index (κ3) is 4.60. The monoisotopic (exact) mass is 446 g/mol. The number of carbonyl (C=O) groups is 1. The molecule has 3 aromatic carbocycles. The first-order valence-electron chi connectivity index (χ1n) is 10.5. The Morgan fingerprint density at radius 3 is 2.44 bits per heavy atom. The highest BCUT2D eigenvalue weighted by atomic mass is 32.2. The fourth-order valence-electron chi connectivity index (χ4n) is 3.91. The highest BCUT2D eigenvalue weighted by Crippen LogP contribution is 2.29. The highest BCUT2D eigenvalue weighted by molar-refractivity contribution is 7.90. The molecule has 1 aromatic heterocycles. The van der Waals surface area contributed by atoms with E-state index < -0.39 is 9.84 Å². The van der Waals surface area contributed by atoms with Gasteiger partial charge < -0.3 is 9.88 Å². The maximum Gasteiger partial charge on any atom is 0.244 e. The first kappa shape index (κ1) is 21.8. The normalized spacial score (nSPS) is 11.6. The largest absolute Gasteiger partial charge is 0.337 e. The molecule has 0 saturated carbocycles. The van der Waals surface area contributed by atoms with Crippen molar-refractivity contribution in [3.63, 3.8) is 0 Å². The predicted molar refractivity (Wildman–Crippen MR) is 129 cm³/mol. The SMILES string of the molecule is Cc1cccc(NC(=O)Cn2cc(S(=O)(=O)Cc3cc(C)ccc3C)c3ccccc32)c1. The molecule has 0 aliphatic carbocycles. The molecule has 6 heteroatoms. The van der Waals surface area contributed by atoms with Crippen LogP contribution in [0.5, 0.6) is 0 Å². The zero-order valence-corrected chi connectivity index (χ0v) is 19.2. The van der Waals surface area contributed by atoms with Gasteiger partial charge in [0.1, 0.15) is 6.54 Å². The second-order valence-electron chi connectivity index (χ2n) is 8.25. The van der Waals surface area contributed by atoms with Crippen LogP contribution in [0.4, 0.5) is 5.69 Å².